The lowest BCUT2D eigenvalue weighted by atomic mass is 9.87. The van der Waals surface area contributed by atoms with E-state index in [1.54, 1.807) is 0 Å². The smallest absolute Gasteiger partial charge is 0.107 e. The van der Waals surface area contributed by atoms with Gasteiger partial charge in [-0.1, -0.05) is 52.0 Å². The molecular weight excluding hydrogens is 312 g/mol. The molecule has 3 rings (SSSR count). The Morgan fingerprint density at radius 1 is 1.17 bits per heavy atom. The number of benzene rings is 1. The van der Waals surface area contributed by atoms with E-state index in [4.69, 9.17) is 4.98 Å². The standard InChI is InChI=1S/C21H30N2S/c1-15(2)17-8-10-23(11-9-17)14-21-22-13-20(24-21)19-7-5-6-18(12-19)16(3)4/h5-7,12-13,15-17H,8-11,14H2,1-4H3. The van der Waals surface area contributed by atoms with Crippen LogP contribution in [0.5, 0.6) is 0 Å². The van der Waals surface area contributed by atoms with Gasteiger partial charge in [-0.15, -0.1) is 11.3 Å². The molecule has 2 heterocycles. The maximum atomic E-state index is 4.69. The number of nitrogens with zero attached hydrogens (tertiary/aromatic N) is 2. The number of rotatable bonds is 5. The molecule has 130 valence electrons. The van der Waals surface area contributed by atoms with Crippen molar-refractivity contribution in [2.24, 2.45) is 11.8 Å². The highest BCUT2D eigenvalue weighted by Crippen LogP contribution is 2.30. The van der Waals surface area contributed by atoms with E-state index in [-0.39, 0.29) is 0 Å². The summed E-state index contributed by atoms with van der Waals surface area (Å²) in [5.74, 6) is 2.30. The van der Waals surface area contributed by atoms with E-state index < -0.39 is 0 Å². The lowest BCUT2D eigenvalue weighted by molar-refractivity contribution is 0.152. The van der Waals surface area contributed by atoms with E-state index in [1.165, 1.54) is 46.9 Å². The topological polar surface area (TPSA) is 16.1 Å². The highest BCUT2D eigenvalue weighted by molar-refractivity contribution is 7.15. The first-order valence-electron chi connectivity index (χ1n) is 9.30. The van der Waals surface area contributed by atoms with Gasteiger partial charge < -0.3 is 0 Å². The van der Waals surface area contributed by atoms with Gasteiger partial charge in [0, 0.05) is 6.20 Å². The van der Waals surface area contributed by atoms with Crippen LogP contribution in [0.3, 0.4) is 0 Å². The number of hydrogen-bond donors (Lipinski definition) is 0. The van der Waals surface area contributed by atoms with E-state index in [1.807, 2.05) is 11.3 Å². The summed E-state index contributed by atoms with van der Waals surface area (Å²) in [5.41, 5.74) is 2.71. The number of hydrogen-bond acceptors (Lipinski definition) is 3. The van der Waals surface area contributed by atoms with Crippen molar-refractivity contribution in [3.8, 4) is 10.4 Å². The molecule has 1 aliphatic heterocycles. The van der Waals surface area contributed by atoms with Crippen molar-refractivity contribution in [1.29, 1.82) is 0 Å². The Morgan fingerprint density at radius 2 is 1.92 bits per heavy atom. The molecule has 0 spiro atoms. The third-order valence-corrected chi connectivity index (χ3v) is 6.36. The van der Waals surface area contributed by atoms with E-state index in [0.29, 0.717) is 5.92 Å². The monoisotopic (exact) mass is 342 g/mol. The molecular formula is C21H30N2S. The zero-order valence-electron chi connectivity index (χ0n) is 15.5. The van der Waals surface area contributed by atoms with Crippen LogP contribution in [0.4, 0.5) is 0 Å². The Hall–Kier alpha value is -1.19. The van der Waals surface area contributed by atoms with Crippen LogP contribution in [0.15, 0.2) is 30.5 Å². The van der Waals surface area contributed by atoms with Crippen molar-refractivity contribution in [3.05, 3.63) is 41.0 Å². The summed E-state index contributed by atoms with van der Waals surface area (Å²) in [6, 6.07) is 8.91. The molecule has 1 aromatic heterocycles. The van der Waals surface area contributed by atoms with Crippen LogP contribution in [-0.2, 0) is 6.54 Å². The molecule has 24 heavy (non-hydrogen) atoms. The number of piperidine rings is 1. The second-order valence-electron chi connectivity index (χ2n) is 7.76. The molecule has 0 saturated carbocycles. The summed E-state index contributed by atoms with van der Waals surface area (Å²) in [6.07, 6.45) is 4.74. The number of aromatic nitrogens is 1. The molecule has 2 nitrogen and oxygen atoms in total. The van der Waals surface area contributed by atoms with Gasteiger partial charge >= 0.3 is 0 Å². The summed E-state index contributed by atoms with van der Waals surface area (Å²) < 4.78 is 0. The van der Waals surface area contributed by atoms with E-state index in [9.17, 15) is 0 Å². The van der Waals surface area contributed by atoms with Gasteiger partial charge in [0.1, 0.15) is 5.01 Å². The normalized spacial score (nSPS) is 17.1. The maximum Gasteiger partial charge on any atom is 0.107 e. The predicted molar refractivity (Wildman–Crippen MR) is 104 cm³/mol. The number of thiazole rings is 1. The van der Waals surface area contributed by atoms with Gasteiger partial charge in [-0.05, 0) is 54.8 Å². The van der Waals surface area contributed by atoms with Crippen molar-refractivity contribution in [3.63, 3.8) is 0 Å². The van der Waals surface area contributed by atoms with Crippen LogP contribution >= 0.6 is 11.3 Å². The van der Waals surface area contributed by atoms with Crippen LogP contribution < -0.4 is 0 Å². The van der Waals surface area contributed by atoms with Crippen molar-refractivity contribution in [1.82, 2.24) is 9.88 Å². The van der Waals surface area contributed by atoms with Crippen LogP contribution in [0.25, 0.3) is 10.4 Å². The van der Waals surface area contributed by atoms with Crippen LogP contribution in [0.2, 0.25) is 0 Å². The molecule has 0 atom stereocenters. The molecule has 0 bridgehead atoms. The Kier molecular flexibility index (Phi) is 5.72. The molecule has 0 unspecified atom stereocenters. The number of likely N-dealkylation sites (tertiary alicyclic amines) is 1. The second-order valence-corrected chi connectivity index (χ2v) is 8.87. The van der Waals surface area contributed by atoms with Gasteiger partial charge in [0.25, 0.3) is 0 Å². The molecule has 1 fully saturated rings. The lowest BCUT2D eigenvalue weighted by Gasteiger charge is -2.33. The Bertz CT molecular complexity index is 651. The highest BCUT2D eigenvalue weighted by atomic mass is 32.1. The minimum absolute atomic E-state index is 0.569. The van der Waals surface area contributed by atoms with Gasteiger partial charge in [-0.25, -0.2) is 4.98 Å². The second kappa shape index (κ2) is 7.79. The minimum Gasteiger partial charge on any atom is -0.297 e. The first-order chi connectivity index (χ1) is 11.5. The highest BCUT2D eigenvalue weighted by Gasteiger charge is 2.22. The van der Waals surface area contributed by atoms with Crippen LogP contribution in [0.1, 0.15) is 57.0 Å². The molecule has 0 radical (unpaired) electrons. The largest absolute Gasteiger partial charge is 0.297 e. The summed E-state index contributed by atoms with van der Waals surface area (Å²) in [6.45, 7) is 12.7. The zero-order chi connectivity index (χ0) is 17.1. The summed E-state index contributed by atoms with van der Waals surface area (Å²) in [7, 11) is 0. The summed E-state index contributed by atoms with van der Waals surface area (Å²) in [5, 5.41) is 1.25. The fraction of sp³-hybridized carbons (Fsp3) is 0.571. The van der Waals surface area contributed by atoms with Gasteiger partial charge in [-0.3, -0.25) is 4.90 Å². The van der Waals surface area contributed by atoms with E-state index in [0.717, 1.165) is 18.4 Å². The third kappa shape index (κ3) is 4.25. The van der Waals surface area contributed by atoms with Crippen LogP contribution in [0, 0.1) is 11.8 Å². The lowest BCUT2D eigenvalue weighted by Crippen LogP contribution is -2.34. The van der Waals surface area contributed by atoms with Gasteiger partial charge in [0.2, 0.25) is 0 Å². The first-order valence-corrected chi connectivity index (χ1v) is 10.1. The molecule has 1 aliphatic rings. The maximum absolute atomic E-state index is 4.69. The van der Waals surface area contributed by atoms with Gasteiger partial charge in [0.05, 0.1) is 11.4 Å². The summed E-state index contributed by atoms with van der Waals surface area (Å²) in [4.78, 5) is 8.56. The third-order valence-electron chi connectivity index (χ3n) is 5.33. The quantitative estimate of drug-likeness (QED) is 0.682. The SMILES string of the molecule is CC(C)c1cccc(-c2cnc(CN3CCC(C(C)C)CC3)s2)c1. The van der Waals surface area contributed by atoms with Crippen LogP contribution in [-0.4, -0.2) is 23.0 Å². The minimum atomic E-state index is 0.569. The van der Waals surface area contributed by atoms with Gasteiger partial charge in [-0.2, -0.15) is 0 Å². The predicted octanol–water partition coefficient (Wildman–Crippen LogP) is 5.80. The average Bonchev–Trinajstić information content (AvgIpc) is 3.04. The first kappa shape index (κ1) is 17.6. The molecule has 1 saturated heterocycles. The van der Waals surface area contributed by atoms with Crippen molar-refractivity contribution < 1.29 is 0 Å². The fourth-order valence-corrected chi connectivity index (χ4v) is 4.49. The Morgan fingerprint density at radius 3 is 2.58 bits per heavy atom. The molecule has 0 aliphatic carbocycles. The van der Waals surface area contributed by atoms with Crippen molar-refractivity contribution in [2.45, 2.75) is 53.0 Å². The molecule has 0 N–H and O–H groups in total. The molecule has 0 amide bonds. The zero-order valence-corrected chi connectivity index (χ0v) is 16.3. The Balaban J connectivity index is 1.63. The Labute approximate surface area is 150 Å². The fourth-order valence-electron chi connectivity index (χ4n) is 3.54. The van der Waals surface area contributed by atoms with Crippen molar-refractivity contribution >= 4 is 11.3 Å². The van der Waals surface area contributed by atoms with Crippen molar-refractivity contribution in [2.75, 3.05) is 13.1 Å². The van der Waals surface area contributed by atoms with E-state index >= 15 is 0 Å². The van der Waals surface area contributed by atoms with E-state index in [2.05, 4.69) is 63.1 Å². The average molecular weight is 343 g/mol. The van der Waals surface area contributed by atoms with Gasteiger partial charge in [0.15, 0.2) is 0 Å². The molecule has 1 aromatic carbocycles. The molecule has 2 aromatic rings. The summed E-state index contributed by atoms with van der Waals surface area (Å²) >= 11 is 1.85. The molecule has 3 heteroatoms.